The Morgan fingerprint density at radius 2 is 2.06 bits per heavy atom. The second kappa shape index (κ2) is 6.24. The maximum atomic E-state index is 11.1. The average Bonchev–Trinajstić information content (AvgIpc) is 2.39. The van der Waals surface area contributed by atoms with Crippen LogP contribution in [0.1, 0.15) is 22.0 Å². The summed E-state index contributed by atoms with van der Waals surface area (Å²) in [4.78, 5) is 21.4. The minimum atomic E-state index is -0.491. The van der Waals surface area contributed by atoms with E-state index in [1.807, 2.05) is 12.1 Å². The molecule has 17 heavy (non-hydrogen) atoms. The standard InChI is InChI=1S/C12H13NO3.H2O/c14-8-11(15)9-1-3-10(4-2-9)12-7-13-5-6-16-12;/h1-4,8,12-13H,5-7H2;1H2. The Morgan fingerprint density at radius 3 is 2.59 bits per heavy atom. The lowest BCUT2D eigenvalue weighted by molar-refractivity contribution is -0.104. The van der Waals surface area contributed by atoms with Gasteiger partial charge in [-0.25, -0.2) is 0 Å². The van der Waals surface area contributed by atoms with E-state index < -0.39 is 5.78 Å². The first-order chi connectivity index (χ1) is 7.81. The summed E-state index contributed by atoms with van der Waals surface area (Å²) in [6, 6.07) is 6.97. The monoisotopic (exact) mass is 237 g/mol. The summed E-state index contributed by atoms with van der Waals surface area (Å²) in [5.74, 6) is -0.491. The van der Waals surface area contributed by atoms with Gasteiger partial charge in [0.25, 0.3) is 0 Å². The van der Waals surface area contributed by atoms with Crippen LogP contribution in [0, 0.1) is 0 Å². The van der Waals surface area contributed by atoms with Crippen LogP contribution in [-0.2, 0) is 9.53 Å². The normalized spacial score (nSPS) is 19.2. The van der Waals surface area contributed by atoms with Gasteiger partial charge in [0.2, 0.25) is 5.78 Å². The molecule has 1 fully saturated rings. The van der Waals surface area contributed by atoms with Crippen LogP contribution in [0.25, 0.3) is 0 Å². The van der Waals surface area contributed by atoms with Crippen molar-refractivity contribution in [3.05, 3.63) is 35.4 Å². The van der Waals surface area contributed by atoms with Crippen molar-refractivity contribution in [2.45, 2.75) is 6.10 Å². The summed E-state index contributed by atoms with van der Waals surface area (Å²) in [6.07, 6.45) is 0.363. The summed E-state index contributed by atoms with van der Waals surface area (Å²) in [5.41, 5.74) is 1.44. The molecule has 0 aliphatic carbocycles. The van der Waals surface area contributed by atoms with Gasteiger partial charge < -0.3 is 15.5 Å². The number of aldehydes is 1. The van der Waals surface area contributed by atoms with E-state index in [2.05, 4.69) is 5.32 Å². The molecule has 1 atom stereocenters. The zero-order chi connectivity index (χ0) is 11.4. The number of hydrogen-bond acceptors (Lipinski definition) is 4. The molecule has 1 aliphatic rings. The van der Waals surface area contributed by atoms with Crippen LogP contribution in [0.15, 0.2) is 24.3 Å². The molecule has 1 unspecified atom stereocenters. The van der Waals surface area contributed by atoms with Crippen molar-refractivity contribution in [2.75, 3.05) is 19.7 Å². The lowest BCUT2D eigenvalue weighted by Crippen LogP contribution is -2.33. The van der Waals surface area contributed by atoms with Crippen LogP contribution >= 0.6 is 0 Å². The third-order valence-corrected chi connectivity index (χ3v) is 2.60. The number of Topliss-reactive ketones (excluding diaryl/α,β-unsaturated/α-hetero) is 1. The Balaban J connectivity index is 0.00000144. The van der Waals surface area contributed by atoms with E-state index in [-0.39, 0.29) is 11.6 Å². The quantitative estimate of drug-likeness (QED) is 0.452. The number of morpholine rings is 1. The highest BCUT2D eigenvalue weighted by atomic mass is 16.5. The maximum absolute atomic E-state index is 11.1. The molecule has 5 nitrogen and oxygen atoms in total. The van der Waals surface area contributed by atoms with E-state index in [4.69, 9.17) is 4.74 Å². The zero-order valence-electron chi connectivity index (χ0n) is 9.31. The minimum Gasteiger partial charge on any atom is -0.412 e. The Labute approximate surface area is 99.1 Å². The summed E-state index contributed by atoms with van der Waals surface area (Å²) < 4.78 is 5.57. The molecule has 5 heteroatoms. The molecule has 0 aromatic heterocycles. The number of benzene rings is 1. The van der Waals surface area contributed by atoms with Crippen LogP contribution in [0.2, 0.25) is 0 Å². The summed E-state index contributed by atoms with van der Waals surface area (Å²) >= 11 is 0. The fraction of sp³-hybridized carbons (Fsp3) is 0.333. The second-order valence-corrected chi connectivity index (χ2v) is 3.67. The Bertz CT molecular complexity index is 382. The third-order valence-electron chi connectivity index (χ3n) is 2.60. The number of ketones is 1. The van der Waals surface area contributed by atoms with Crippen LogP contribution in [-0.4, -0.2) is 37.2 Å². The fourth-order valence-corrected chi connectivity index (χ4v) is 1.71. The van der Waals surface area contributed by atoms with Gasteiger partial charge in [-0.2, -0.15) is 0 Å². The molecule has 0 amide bonds. The summed E-state index contributed by atoms with van der Waals surface area (Å²) in [6.45, 7) is 2.35. The minimum absolute atomic E-state index is 0. The molecule has 92 valence electrons. The molecule has 0 spiro atoms. The van der Waals surface area contributed by atoms with Crippen LogP contribution in [0.4, 0.5) is 0 Å². The van der Waals surface area contributed by atoms with Crippen LogP contribution in [0.5, 0.6) is 0 Å². The number of ether oxygens (including phenoxy) is 1. The van der Waals surface area contributed by atoms with Crippen molar-refractivity contribution in [3.8, 4) is 0 Å². The lowest BCUT2D eigenvalue weighted by atomic mass is 10.0. The van der Waals surface area contributed by atoms with Crippen molar-refractivity contribution in [3.63, 3.8) is 0 Å². The maximum Gasteiger partial charge on any atom is 0.225 e. The average molecular weight is 237 g/mol. The number of carbonyl (C=O) groups excluding carboxylic acids is 2. The predicted octanol–water partition coefficient (Wildman–Crippen LogP) is -0.0956. The molecule has 1 heterocycles. The molecule has 2 rings (SSSR count). The van der Waals surface area contributed by atoms with Crippen molar-refractivity contribution >= 4 is 12.1 Å². The molecular weight excluding hydrogens is 222 g/mol. The van der Waals surface area contributed by atoms with E-state index in [1.54, 1.807) is 12.1 Å². The molecule has 0 saturated carbocycles. The summed E-state index contributed by atoms with van der Waals surface area (Å²) in [5, 5.41) is 3.23. The Hall–Kier alpha value is -1.56. The van der Waals surface area contributed by atoms with Gasteiger partial charge >= 0.3 is 0 Å². The lowest BCUT2D eigenvalue weighted by Gasteiger charge is -2.23. The molecule has 1 aromatic carbocycles. The van der Waals surface area contributed by atoms with Gasteiger partial charge in [0.15, 0.2) is 6.29 Å². The van der Waals surface area contributed by atoms with Crippen molar-refractivity contribution in [2.24, 2.45) is 0 Å². The van der Waals surface area contributed by atoms with Gasteiger partial charge in [-0.1, -0.05) is 24.3 Å². The van der Waals surface area contributed by atoms with Gasteiger partial charge in [-0.3, -0.25) is 9.59 Å². The van der Waals surface area contributed by atoms with E-state index in [0.717, 1.165) is 18.7 Å². The molecule has 0 radical (unpaired) electrons. The molecule has 1 aliphatic heterocycles. The van der Waals surface area contributed by atoms with Gasteiger partial charge in [-0.15, -0.1) is 0 Å². The SMILES string of the molecule is O.O=CC(=O)c1ccc(C2CNCCO2)cc1. The summed E-state index contributed by atoms with van der Waals surface area (Å²) in [7, 11) is 0. The second-order valence-electron chi connectivity index (χ2n) is 3.67. The Kier molecular flexibility index (Phi) is 4.96. The highest BCUT2D eigenvalue weighted by Crippen LogP contribution is 2.18. The van der Waals surface area contributed by atoms with Crippen molar-refractivity contribution in [1.82, 2.24) is 5.32 Å². The van der Waals surface area contributed by atoms with E-state index in [9.17, 15) is 9.59 Å². The molecule has 1 aromatic rings. The first-order valence-electron chi connectivity index (χ1n) is 5.23. The van der Waals surface area contributed by atoms with E-state index in [0.29, 0.717) is 18.5 Å². The highest BCUT2D eigenvalue weighted by molar-refractivity contribution is 6.33. The number of rotatable bonds is 3. The molecule has 3 N–H and O–H groups in total. The fourth-order valence-electron chi connectivity index (χ4n) is 1.71. The van der Waals surface area contributed by atoms with Crippen LogP contribution in [0.3, 0.4) is 0 Å². The zero-order valence-corrected chi connectivity index (χ0v) is 9.31. The first-order valence-corrected chi connectivity index (χ1v) is 5.23. The van der Waals surface area contributed by atoms with Gasteiger partial charge in [0.05, 0.1) is 12.7 Å². The Morgan fingerprint density at radius 1 is 1.35 bits per heavy atom. The van der Waals surface area contributed by atoms with E-state index >= 15 is 0 Å². The van der Waals surface area contributed by atoms with Gasteiger partial charge in [0.1, 0.15) is 0 Å². The predicted molar refractivity (Wildman–Crippen MR) is 62.0 cm³/mol. The molecule has 0 bridgehead atoms. The highest BCUT2D eigenvalue weighted by Gasteiger charge is 2.15. The van der Waals surface area contributed by atoms with E-state index in [1.165, 1.54) is 0 Å². The van der Waals surface area contributed by atoms with Crippen molar-refractivity contribution in [1.29, 1.82) is 0 Å². The van der Waals surface area contributed by atoms with Crippen molar-refractivity contribution < 1.29 is 19.8 Å². The first kappa shape index (κ1) is 13.5. The molecular formula is C12H15NO4. The number of nitrogens with one attached hydrogen (secondary N) is 1. The largest absolute Gasteiger partial charge is 0.412 e. The van der Waals surface area contributed by atoms with Crippen LogP contribution < -0.4 is 5.32 Å². The topological polar surface area (TPSA) is 86.9 Å². The number of hydrogen-bond donors (Lipinski definition) is 1. The van der Waals surface area contributed by atoms with Gasteiger partial charge in [0, 0.05) is 18.7 Å². The number of carbonyl (C=O) groups is 2. The smallest absolute Gasteiger partial charge is 0.225 e. The van der Waals surface area contributed by atoms with Gasteiger partial charge in [-0.05, 0) is 5.56 Å². The molecule has 1 saturated heterocycles. The third kappa shape index (κ3) is 3.20.